The quantitative estimate of drug-likeness (QED) is 0.500. The fraction of sp³-hybridized carbons (Fsp3) is 0.267. The van der Waals surface area contributed by atoms with E-state index in [1.807, 2.05) is 18.2 Å². The summed E-state index contributed by atoms with van der Waals surface area (Å²) in [7, 11) is 0. The maximum absolute atomic E-state index is 11.8. The molecule has 3 rings (SSSR count). The first-order valence-electron chi connectivity index (χ1n) is 5.81. The van der Waals surface area contributed by atoms with Gasteiger partial charge >= 0.3 is 5.97 Å². The number of cyclic esters (lactones) is 1. The molecule has 1 aromatic carbocycles. The van der Waals surface area contributed by atoms with Crippen LogP contribution in [-0.2, 0) is 4.74 Å². The number of ether oxygens (including phenoxy) is 1. The number of fused-ring (bicyclic) bond motifs is 1. The van der Waals surface area contributed by atoms with Crippen LogP contribution in [0.15, 0.2) is 23.8 Å². The summed E-state index contributed by atoms with van der Waals surface area (Å²) >= 11 is 0. The second-order valence-electron chi connectivity index (χ2n) is 4.31. The molecule has 0 saturated heterocycles. The summed E-state index contributed by atoms with van der Waals surface area (Å²) in [5.41, 5.74) is 3.72. The van der Waals surface area contributed by atoms with Gasteiger partial charge in [0.15, 0.2) is 0 Å². The van der Waals surface area contributed by atoms with Gasteiger partial charge in [0.25, 0.3) is 0 Å². The van der Waals surface area contributed by atoms with Crippen molar-refractivity contribution in [3.63, 3.8) is 0 Å². The monoisotopic (exact) mass is 224 g/mol. The van der Waals surface area contributed by atoms with Gasteiger partial charge in [-0.25, -0.2) is 4.79 Å². The average molecular weight is 224 g/mol. The minimum atomic E-state index is -0.242. The molecule has 1 aromatic rings. The van der Waals surface area contributed by atoms with Gasteiger partial charge in [-0.3, -0.25) is 0 Å². The van der Waals surface area contributed by atoms with Gasteiger partial charge in [0.05, 0.1) is 5.56 Å². The van der Waals surface area contributed by atoms with Crippen LogP contribution in [0.25, 0.3) is 5.76 Å². The van der Waals surface area contributed by atoms with E-state index >= 15 is 0 Å². The van der Waals surface area contributed by atoms with E-state index in [1.54, 1.807) is 6.92 Å². The van der Waals surface area contributed by atoms with Crippen molar-refractivity contribution in [1.29, 1.82) is 0 Å². The highest BCUT2D eigenvalue weighted by Gasteiger charge is 2.30. The lowest BCUT2D eigenvalue weighted by molar-refractivity contribution is 0.0712. The standard InChI is InChI=1S/C15H12O2/c1-2-4-10-7-8-12-13(9-10)15(16)17-14(12)11-5-3-6-11/h7-9H,3,5-6H2,1H3. The molecule has 0 aromatic heterocycles. The van der Waals surface area contributed by atoms with E-state index < -0.39 is 0 Å². The Balaban J connectivity index is 2.12. The maximum Gasteiger partial charge on any atom is 0.344 e. The lowest BCUT2D eigenvalue weighted by atomic mass is 9.89. The lowest BCUT2D eigenvalue weighted by Gasteiger charge is -2.18. The summed E-state index contributed by atoms with van der Waals surface area (Å²) in [5, 5.41) is 0. The topological polar surface area (TPSA) is 26.3 Å². The van der Waals surface area contributed by atoms with Crippen LogP contribution in [0.3, 0.4) is 0 Å². The largest absolute Gasteiger partial charge is 0.422 e. The molecule has 2 nitrogen and oxygen atoms in total. The molecule has 2 aliphatic rings. The first-order chi connectivity index (χ1) is 8.29. The molecular formula is C15H12O2. The van der Waals surface area contributed by atoms with Crippen LogP contribution < -0.4 is 0 Å². The van der Waals surface area contributed by atoms with E-state index in [2.05, 4.69) is 11.8 Å². The molecule has 0 spiro atoms. The smallest absolute Gasteiger partial charge is 0.344 e. The van der Waals surface area contributed by atoms with Crippen molar-refractivity contribution in [2.75, 3.05) is 0 Å². The van der Waals surface area contributed by atoms with Crippen molar-refractivity contribution in [2.45, 2.75) is 26.2 Å². The lowest BCUT2D eigenvalue weighted by Crippen LogP contribution is -2.01. The van der Waals surface area contributed by atoms with Crippen molar-refractivity contribution >= 4 is 11.7 Å². The Hall–Kier alpha value is -2.01. The van der Waals surface area contributed by atoms with Gasteiger partial charge in [0.1, 0.15) is 5.76 Å². The van der Waals surface area contributed by atoms with Crippen molar-refractivity contribution in [3.8, 4) is 11.8 Å². The third kappa shape index (κ3) is 1.55. The summed E-state index contributed by atoms with van der Waals surface area (Å²) in [6.07, 6.45) is 3.31. The number of carbonyl (C=O) groups excluding carboxylic acids is 1. The predicted molar refractivity (Wildman–Crippen MR) is 65.2 cm³/mol. The summed E-state index contributed by atoms with van der Waals surface area (Å²) in [4.78, 5) is 11.8. The van der Waals surface area contributed by atoms with Gasteiger partial charge in [0, 0.05) is 11.1 Å². The number of hydrogen-bond acceptors (Lipinski definition) is 2. The van der Waals surface area contributed by atoms with Crippen LogP contribution in [-0.4, -0.2) is 5.97 Å². The zero-order chi connectivity index (χ0) is 11.8. The molecule has 17 heavy (non-hydrogen) atoms. The Bertz CT molecular complexity index is 591. The highest BCUT2D eigenvalue weighted by molar-refractivity contribution is 6.03. The number of carbonyl (C=O) groups is 1. The molecule has 0 unspecified atom stereocenters. The highest BCUT2D eigenvalue weighted by atomic mass is 16.5. The van der Waals surface area contributed by atoms with Gasteiger partial charge < -0.3 is 4.74 Å². The highest BCUT2D eigenvalue weighted by Crippen LogP contribution is 2.39. The Kier molecular flexibility index (Phi) is 2.26. The van der Waals surface area contributed by atoms with Crippen LogP contribution in [0.5, 0.6) is 0 Å². The van der Waals surface area contributed by atoms with Gasteiger partial charge in [-0.05, 0) is 50.0 Å². The van der Waals surface area contributed by atoms with Gasteiger partial charge in [-0.2, -0.15) is 0 Å². The fourth-order valence-corrected chi connectivity index (χ4v) is 2.18. The van der Waals surface area contributed by atoms with Crippen molar-refractivity contribution in [2.24, 2.45) is 0 Å². The minimum Gasteiger partial charge on any atom is -0.422 e. The Morgan fingerprint density at radius 1 is 1.24 bits per heavy atom. The number of allylic oxidation sites excluding steroid dienone is 1. The summed E-state index contributed by atoms with van der Waals surface area (Å²) in [6.45, 7) is 1.79. The second-order valence-corrected chi connectivity index (χ2v) is 4.31. The van der Waals surface area contributed by atoms with Crippen LogP contribution in [0.1, 0.15) is 47.7 Å². The molecule has 0 N–H and O–H groups in total. The van der Waals surface area contributed by atoms with Crippen molar-refractivity contribution in [1.82, 2.24) is 0 Å². The van der Waals surface area contributed by atoms with Gasteiger partial charge in [0.2, 0.25) is 0 Å². The second kappa shape index (κ2) is 3.78. The Labute approximate surface area is 100 Å². The molecule has 0 atom stereocenters. The summed E-state index contributed by atoms with van der Waals surface area (Å²) in [5.74, 6) is 6.35. The fourth-order valence-electron chi connectivity index (χ4n) is 2.18. The molecule has 1 aliphatic heterocycles. The molecule has 2 heteroatoms. The first kappa shape index (κ1) is 10.2. The Morgan fingerprint density at radius 2 is 2.06 bits per heavy atom. The zero-order valence-electron chi connectivity index (χ0n) is 9.67. The van der Waals surface area contributed by atoms with E-state index in [0.717, 1.165) is 29.7 Å². The molecule has 0 bridgehead atoms. The molecule has 84 valence electrons. The average Bonchev–Trinajstić information content (AvgIpc) is 2.55. The molecule has 0 amide bonds. The maximum atomic E-state index is 11.8. The van der Waals surface area contributed by atoms with Gasteiger partial charge in [-0.1, -0.05) is 5.92 Å². The third-order valence-electron chi connectivity index (χ3n) is 3.23. The van der Waals surface area contributed by atoms with Crippen LogP contribution in [0.4, 0.5) is 0 Å². The summed E-state index contributed by atoms with van der Waals surface area (Å²) in [6, 6.07) is 5.71. The van der Waals surface area contributed by atoms with E-state index in [-0.39, 0.29) is 5.97 Å². The van der Waals surface area contributed by atoms with E-state index in [1.165, 1.54) is 12.0 Å². The van der Waals surface area contributed by atoms with E-state index in [4.69, 9.17) is 4.74 Å². The normalized spacial score (nSPS) is 16.9. The molecule has 0 radical (unpaired) electrons. The van der Waals surface area contributed by atoms with E-state index in [0.29, 0.717) is 5.56 Å². The number of esters is 1. The first-order valence-corrected chi connectivity index (χ1v) is 5.81. The van der Waals surface area contributed by atoms with Crippen LogP contribution in [0, 0.1) is 11.8 Å². The molecular weight excluding hydrogens is 212 g/mol. The minimum absolute atomic E-state index is 0.242. The van der Waals surface area contributed by atoms with E-state index in [9.17, 15) is 4.79 Å². The number of rotatable bonds is 0. The summed E-state index contributed by atoms with van der Waals surface area (Å²) < 4.78 is 5.36. The number of benzene rings is 1. The molecule has 1 saturated carbocycles. The third-order valence-corrected chi connectivity index (χ3v) is 3.23. The van der Waals surface area contributed by atoms with Crippen molar-refractivity contribution in [3.05, 3.63) is 40.5 Å². The SMILES string of the molecule is CC#Cc1ccc2c(c1)C(=O)OC2=C1CCC1. The molecule has 1 fully saturated rings. The van der Waals surface area contributed by atoms with Gasteiger partial charge in [-0.15, -0.1) is 5.92 Å². The Morgan fingerprint density at radius 3 is 2.71 bits per heavy atom. The van der Waals surface area contributed by atoms with Crippen molar-refractivity contribution < 1.29 is 9.53 Å². The molecule has 1 aliphatic carbocycles. The van der Waals surface area contributed by atoms with Crippen LogP contribution in [0.2, 0.25) is 0 Å². The zero-order valence-corrected chi connectivity index (χ0v) is 9.67. The number of hydrogen-bond donors (Lipinski definition) is 0. The predicted octanol–water partition coefficient (Wildman–Crippen LogP) is 3.12. The molecule has 1 heterocycles. The van der Waals surface area contributed by atoms with Crippen LogP contribution >= 0.6 is 0 Å².